The molecule has 1 N–H and O–H groups in total. The summed E-state index contributed by atoms with van der Waals surface area (Å²) in [6.07, 6.45) is 2.43. The van der Waals surface area contributed by atoms with E-state index in [0.29, 0.717) is 36.7 Å². The van der Waals surface area contributed by atoms with Crippen LogP contribution in [0.15, 0.2) is 51.6 Å². The first kappa shape index (κ1) is 26.0. The molecule has 0 bridgehead atoms. The number of amidine groups is 1. The lowest BCUT2D eigenvalue weighted by atomic mass is 9.92. The molecule has 3 heterocycles. The van der Waals surface area contributed by atoms with Gasteiger partial charge in [-0.05, 0) is 42.2 Å². The number of nitrogens with one attached hydrogen (secondary N) is 1. The number of aliphatic imine (C=N–C) groups is 1. The number of fused-ring (bicyclic) bond motifs is 1. The van der Waals surface area contributed by atoms with Crippen molar-refractivity contribution in [2.45, 2.75) is 58.4 Å². The van der Waals surface area contributed by atoms with Gasteiger partial charge in [-0.1, -0.05) is 49.9 Å². The maximum atomic E-state index is 12.9. The number of hydrogen-bond donors (Lipinski definition) is 1. The second kappa shape index (κ2) is 11.3. The van der Waals surface area contributed by atoms with Crippen LogP contribution in [0.25, 0.3) is 0 Å². The van der Waals surface area contributed by atoms with Gasteiger partial charge in [0.15, 0.2) is 5.17 Å². The Morgan fingerprint density at radius 1 is 1.25 bits per heavy atom. The van der Waals surface area contributed by atoms with E-state index in [4.69, 9.17) is 4.74 Å². The van der Waals surface area contributed by atoms with Gasteiger partial charge >= 0.3 is 5.97 Å². The Morgan fingerprint density at radius 2 is 2.00 bits per heavy atom. The first-order chi connectivity index (χ1) is 17.3. The van der Waals surface area contributed by atoms with E-state index in [-0.39, 0.29) is 18.2 Å². The molecule has 1 fully saturated rings. The number of benzene rings is 1. The summed E-state index contributed by atoms with van der Waals surface area (Å²) in [5, 5.41) is 5.65. The number of esters is 1. The molecule has 1 aromatic rings. The molecule has 1 saturated heterocycles. The number of carbonyl (C=O) groups is 3. The average Bonchev–Trinajstić information content (AvgIpc) is 3.45. The van der Waals surface area contributed by atoms with Gasteiger partial charge in [-0.3, -0.25) is 9.59 Å². The van der Waals surface area contributed by atoms with E-state index >= 15 is 0 Å². The first-order valence-corrected chi connectivity index (χ1v) is 13.3. The first-order valence-electron chi connectivity index (χ1n) is 12.5. The van der Waals surface area contributed by atoms with Crippen LogP contribution in [0.5, 0.6) is 0 Å². The van der Waals surface area contributed by atoms with Crippen molar-refractivity contribution in [2.75, 3.05) is 26.7 Å². The lowest BCUT2D eigenvalue weighted by Gasteiger charge is -2.36. The number of likely N-dealkylation sites (tertiary alicyclic amines) is 1. The van der Waals surface area contributed by atoms with E-state index in [2.05, 4.69) is 36.3 Å². The molecule has 3 aliphatic rings. The number of nitrogens with zero attached hydrogens (tertiary/aromatic N) is 3. The van der Waals surface area contributed by atoms with E-state index in [1.54, 1.807) is 0 Å². The molecule has 0 radical (unpaired) electrons. The van der Waals surface area contributed by atoms with E-state index in [1.165, 1.54) is 24.4 Å². The van der Waals surface area contributed by atoms with Gasteiger partial charge in [0.25, 0.3) is 0 Å². The number of rotatable bonds is 9. The van der Waals surface area contributed by atoms with Crippen molar-refractivity contribution < 1.29 is 19.1 Å². The molecule has 4 rings (SSSR count). The van der Waals surface area contributed by atoms with Gasteiger partial charge in [-0.15, -0.1) is 0 Å². The zero-order chi connectivity index (χ0) is 25.8. The smallest absolute Gasteiger partial charge is 0.338 e. The Bertz CT molecular complexity index is 1120. The highest BCUT2D eigenvalue weighted by Crippen LogP contribution is 2.44. The third-order valence-corrected chi connectivity index (χ3v) is 7.65. The summed E-state index contributed by atoms with van der Waals surface area (Å²) in [7, 11) is 1.37. The zero-order valence-corrected chi connectivity index (χ0v) is 22.2. The van der Waals surface area contributed by atoms with Crippen molar-refractivity contribution in [1.82, 2.24) is 15.1 Å². The number of thioether (sulfide) groups is 1. The van der Waals surface area contributed by atoms with Crippen LogP contribution in [0, 0.1) is 0 Å². The molecular formula is C27H34N4O4S. The monoisotopic (exact) mass is 510 g/mol. The van der Waals surface area contributed by atoms with Crippen LogP contribution in [0.3, 0.4) is 0 Å². The minimum atomic E-state index is -0.429. The van der Waals surface area contributed by atoms with Crippen LogP contribution in [0.4, 0.5) is 0 Å². The standard InChI is InChI=1S/C27H34N4O4S/c1-17(2)19-8-10-20(11-9-19)25-24(26(34)35-4)18(3)29-27-31(25)21(16-36-27)15-22(32)28-12-6-14-30-13-5-7-23(30)33/h8-11,16-17,25H,5-7,12-15H2,1-4H3,(H,28,32). The molecule has 0 aromatic heterocycles. The predicted molar refractivity (Wildman–Crippen MR) is 141 cm³/mol. The molecule has 1 aromatic carbocycles. The Morgan fingerprint density at radius 3 is 2.64 bits per heavy atom. The van der Waals surface area contributed by atoms with E-state index in [9.17, 15) is 14.4 Å². The van der Waals surface area contributed by atoms with Crippen molar-refractivity contribution >= 4 is 34.7 Å². The average molecular weight is 511 g/mol. The highest BCUT2D eigenvalue weighted by atomic mass is 32.2. The van der Waals surface area contributed by atoms with Crippen LogP contribution in [0.2, 0.25) is 0 Å². The summed E-state index contributed by atoms with van der Waals surface area (Å²) in [6.45, 7) is 8.09. The number of amides is 2. The Labute approximate surface area is 216 Å². The summed E-state index contributed by atoms with van der Waals surface area (Å²) in [5.74, 6) is 0.0645. The molecule has 0 saturated carbocycles. The third-order valence-electron chi connectivity index (χ3n) is 6.76. The number of hydrogen-bond acceptors (Lipinski definition) is 7. The van der Waals surface area contributed by atoms with E-state index < -0.39 is 12.0 Å². The molecule has 9 heteroatoms. The number of ether oxygens (including phenoxy) is 1. The van der Waals surface area contributed by atoms with Gasteiger partial charge in [0.05, 0.1) is 30.8 Å². The number of methoxy groups -OCH3 is 1. The van der Waals surface area contributed by atoms with Crippen LogP contribution >= 0.6 is 11.8 Å². The molecule has 1 atom stereocenters. The largest absolute Gasteiger partial charge is 0.466 e. The lowest BCUT2D eigenvalue weighted by Crippen LogP contribution is -2.38. The summed E-state index contributed by atoms with van der Waals surface area (Å²) in [5.41, 5.74) is 4.04. The maximum Gasteiger partial charge on any atom is 0.338 e. The Kier molecular flexibility index (Phi) is 8.18. The van der Waals surface area contributed by atoms with Crippen LogP contribution in [-0.2, 0) is 19.1 Å². The Balaban J connectivity index is 1.49. The van der Waals surface area contributed by atoms with Crippen molar-refractivity contribution in [2.24, 2.45) is 4.99 Å². The quantitative estimate of drug-likeness (QED) is 0.398. The van der Waals surface area contributed by atoms with E-state index in [0.717, 1.165) is 35.8 Å². The molecule has 0 aliphatic carbocycles. The summed E-state index contributed by atoms with van der Waals surface area (Å²) >= 11 is 1.46. The third kappa shape index (κ3) is 5.51. The molecular weight excluding hydrogens is 476 g/mol. The predicted octanol–water partition coefficient (Wildman–Crippen LogP) is 4.08. The number of carbonyl (C=O) groups excluding carboxylic acids is 3. The fourth-order valence-electron chi connectivity index (χ4n) is 4.78. The van der Waals surface area contributed by atoms with Gasteiger partial charge < -0.3 is 19.9 Å². The highest BCUT2D eigenvalue weighted by molar-refractivity contribution is 8.16. The van der Waals surface area contributed by atoms with Gasteiger partial charge in [-0.2, -0.15) is 0 Å². The van der Waals surface area contributed by atoms with Crippen LogP contribution in [0.1, 0.15) is 69.5 Å². The molecule has 192 valence electrons. The molecule has 1 unspecified atom stereocenters. The second-order valence-corrected chi connectivity index (χ2v) is 10.4. The minimum Gasteiger partial charge on any atom is -0.466 e. The van der Waals surface area contributed by atoms with Crippen LogP contribution in [-0.4, -0.2) is 59.5 Å². The molecule has 3 aliphatic heterocycles. The van der Waals surface area contributed by atoms with Gasteiger partial charge in [0, 0.05) is 31.8 Å². The molecule has 2 amide bonds. The summed E-state index contributed by atoms with van der Waals surface area (Å²) in [4.78, 5) is 45.9. The Hall–Kier alpha value is -3.07. The van der Waals surface area contributed by atoms with Crippen molar-refractivity contribution in [3.8, 4) is 0 Å². The van der Waals surface area contributed by atoms with E-state index in [1.807, 2.05) is 34.3 Å². The van der Waals surface area contributed by atoms with Crippen LogP contribution < -0.4 is 5.32 Å². The normalized spacial score (nSPS) is 19.5. The van der Waals surface area contributed by atoms with Crippen molar-refractivity contribution in [1.29, 1.82) is 0 Å². The van der Waals surface area contributed by atoms with Gasteiger partial charge in [-0.25, -0.2) is 9.79 Å². The van der Waals surface area contributed by atoms with Crippen molar-refractivity contribution in [3.63, 3.8) is 0 Å². The molecule has 8 nitrogen and oxygen atoms in total. The SMILES string of the molecule is COC(=O)C1=C(C)N=C2SC=C(CC(=O)NCCCN3CCCC3=O)N2C1c1ccc(C(C)C)cc1. The summed E-state index contributed by atoms with van der Waals surface area (Å²) < 4.78 is 5.13. The minimum absolute atomic E-state index is 0.101. The fourth-order valence-corrected chi connectivity index (χ4v) is 5.75. The van der Waals surface area contributed by atoms with Gasteiger partial charge in [0.2, 0.25) is 11.8 Å². The molecule has 36 heavy (non-hydrogen) atoms. The zero-order valence-electron chi connectivity index (χ0n) is 21.4. The highest BCUT2D eigenvalue weighted by Gasteiger charge is 2.41. The second-order valence-electron chi connectivity index (χ2n) is 9.57. The number of allylic oxidation sites excluding steroid dienone is 1. The topological polar surface area (TPSA) is 91.3 Å². The maximum absolute atomic E-state index is 12.9. The van der Waals surface area contributed by atoms with Gasteiger partial charge in [0.1, 0.15) is 0 Å². The fraction of sp³-hybridized carbons (Fsp3) is 0.481. The van der Waals surface area contributed by atoms with Crippen molar-refractivity contribution in [3.05, 3.63) is 57.8 Å². The molecule has 0 spiro atoms. The summed E-state index contributed by atoms with van der Waals surface area (Å²) in [6, 6.07) is 7.82. The lowest BCUT2D eigenvalue weighted by molar-refractivity contribution is -0.136.